The fourth-order valence-electron chi connectivity index (χ4n) is 2.87. The zero-order chi connectivity index (χ0) is 15.6. The summed E-state index contributed by atoms with van der Waals surface area (Å²) in [6, 6.07) is 3.68. The Hall–Kier alpha value is -0.910. The lowest BCUT2D eigenvalue weighted by molar-refractivity contribution is 0.250. The molecule has 1 aromatic rings. The quantitative estimate of drug-likeness (QED) is 0.878. The van der Waals surface area contributed by atoms with Gasteiger partial charge in [-0.3, -0.25) is 0 Å². The van der Waals surface area contributed by atoms with Crippen LogP contribution in [0.3, 0.4) is 0 Å². The Labute approximate surface area is 128 Å². The lowest BCUT2D eigenvalue weighted by atomic mass is 9.85. The van der Waals surface area contributed by atoms with Crippen molar-refractivity contribution in [3.05, 3.63) is 28.8 Å². The van der Waals surface area contributed by atoms with E-state index in [0.29, 0.717) is 30.4 Å². The molecule has 2 N–H and O–H groups in total. The summed E-state index contributed by atoms with van der Waals surface area (Å²) in [5, 5.41) is 0. The summed E-state index contributed by atoms with van der Waals surface area (Å²) in [5.74, 6) is 0.527. The Morgan fingerprint density at radius 3 is 2.38 bits per heavy atom. The maximum atomic E-state index is 12.9. The molecule has 21 heavy (non-hydrogen) atoms. The van der Waals surface area contributed by atoms with Crippen molar-refractivity contribution in [1.82, 2.24) is 4.31 Å². The van der Waals surface area contributed by atoms with Crippen LogP contribution in [0.1, 0.15) is 42.9 Å². The predicted octanol–water partition coefficient (Wildman–Crippen LogP) is 2.57. The van der Waals surface area contributed by atoms with E-state index in [-0.39, 0.29) is 0 Å². The van der Waals surface area contributed by atoms with Gasteiger partial charge < -0.3 is 5.73 Å². The van der Waals surface area contributed by atoms with Crippen molar-refractivity contribution in [3.8, 4) is 0 Å². The maximum absolute atomic E-state index is 12.9. The van der Waals surface area contributed by atoms with Crippen LogP contribution in [0.2, 0.25) is 0 Å². The van der Waals surface area contributed by atoms with E-state index in [1.54, 1.807) is 10.4 Å². The zero-order valence-corrected chi connectivity index (χ0v) is 14.0. The predicted molar refractivity (Wildman–Crippen MR) is 85.6 cm³/mol. The molecule has 118 valence electrons. The van der Waals surface area contributed by atoms with Gasteiger partial charge >= 0.3 is 0 Å². The maximum Gasteiger partial charge on any atom is 0.243 e. The van der Waals surface area contributed by atoms with Gasteiger partial charge in [0, 0.05) is 19.6 Å². The molecule has 0 aromatic heterocycles. The highest BCUT2D eigenvalue weighted by atomic mass is 32.2. The molecule has 0 spiro atoms. The Kier molecular flexibility index (Phi) is 5.07. The Bertz CT molecular complexity index is 607. The van der Waals surface area contributed by atoms with Crippen molar-refractivity contribution < 1.29 is 8.42 Å². The standard InChI is InChI=1S/C16H26N2O2S/c1-4-18(11-14-6-5-7-14)21(19,20)16-9-15(10-17)12(2)8-13(16)3/h8-9,14H,4-7,10-11,17H2,1-3H3. The van der Waals surface area contributed by atoms with Gasteiger partial charge in [0.2, 0.25) is 10.0 Å². The molecule has 0 aliphatic heterocycles. The van der Waals surface area contributed by atoms with Crippen molar-refractivity contribution in [3.63, 3.8) is 0 Å². The largest absolute Gasteiger partial charge is 0.326 e. The van der Waals surface area contributed by atoms with E-state index < -0.39 is 10.0 Å². The molecule has 0 radical (unpaired) electrons. The summed E-state index contributed by atoms with van der Waals surface area (Å²) < 4.78 is 27.5. The monoisotopic (exact) mass is 310 g/mol. The summed E-state index contributed by atoms with van der Waals surface area (Å²) in [5.41, 5.74) is 8.48. The second-order valence-electron chi connectivity index (χ2n) is 6.00. The highest BCUT2D eigenvalue weighted by Gasteiger charge is 2.29. The van der Waals surface area contributed by atoms with E-state index in [4.69, 9.17) is 5.73 Å². The fourth-order valence-corrected chi connectivity index (χ4v) is 4.65. The highest BCUT2D eigenvalue weighted by Crippen LogP contribution is 2.30. The van der Waals surface area contributed by atoms with Gasteiger partial charge in [-0.15, -0.1) is 0 Å². The molecule has 1 fully saturated rings. The van der Waals surface area contributed by atoms with Crippen LogP contribution in [0.4, 0.5) is 0 Å². The minimum atomic E-state index is -3.42. The van der Waals surface area contributed by atoms with Gasteiger partial charge in [-0.25, -0.2) is 8.42 Å². The molecule has 1 saturated carbocycles. The number of hydrogen-bond donors (Lipinski definition) is 1. The molecule has 0 atom stereocenters. The molecule has 5 heteroatoms. The van der Waals surface area contributed by atoms with Crippen LogP contribution in [-0.4, -0.2) is 25.8 Å². The molecule has 1 aromatic carbocycles. The van der Waals surface area contributed by atoms with Crippen molar-refractivity contribution in [2.75, 3.05) is 13.1 Å². The molecule has 0 bridgehead atoms. The molecule has 2 rings (SSSR count). The second kappa shape index (κ2) is 6.46. The Morgan fingerprint density at radius 1 is 1.24 bits per heavy atom. The van der Waals surface area contributed by atoms with Gasteiger partial charge in [-0.05, 0) is 55.4 Å². The number of nitrogens with two attached hydrogens (primary N) is 1. The normalized spacial score (nSPS) is 16.2. The van der Waals surface area contributed by atoms with Crippen LogP contribution in [0.25, 0.3) is 0 Å². The van der Waals surface area contributed by atoms with Gasteiger partial charge in [0.15, 0.2) is 0 Å². The SMILES string of the molecule is CCN(CC1CCC1)S(=O)(=O)c1cc(CN)c(C)cc1C. The molecular formula is C16H26N2O2S. The lowest BCUT2D eigenvalue weighted by Crippen LogP contribution is -2.37. The van der Waals surface area contributed by atoms with E-state index in [9.17, 15) is 8.42 Å². The summed E-state index contributed by atoms with van der Waals surface area (Å²) >= 11 is 0. The molecule has 0 heterocycles. The first-order chi connectivity index (χ1) is 9.90. The summed E-state index contributed by atoms with van der Waals surface area (Å²) in [6.45, 7) is 7.26. The molecule has 0 amide bonds. The molecule has 0 unspecified atom stereocenters. The van der Waals surface area contributed by atoms with Crippen LogP contribution < -0.4 is 5.73 Å². The van der Waals surface area contributed by atoms with Gasteiger partial charge in [0.25, 0.3) is 0 Å². The van der Waals surface area contributed by atoms with Crippen LogP contribution in [-0.2, 0) is 16.6 Å². The van der Waals surface area contributed by atoms with Crippen LogP contribution in [0, 0.1) is 19.8 Å². The number of benzene rings is 1. The van der Waals surface area contributed by atoms with Gasteiger partial charge in [0.05, 0.1) is 4.90 Å². The van der Waals surface area contributed by atoms with Crippen LogP contribution >= 0.6 is 0 Å². The number of hydrogen-bond acceptors (Lipinski definition) is 3. The molecule has 1 aliphatic carbocycles. The van der Waals surface area contributed by atoms with E-state index >= 15 is 0 Å². The fraction of sp³-hybridized carbons (Fsp3) is 0.625. The third-order valence-corrected chi connectivity index (χ3v) is 6.59. The molecule has 4 nitrogen and oxygen atoms in total. The third-order valence-electron chi connectivity index (χ3n) is 4.51. The summed E-state index contributed by atoms with van der Waals surface area (Å²) in [4.78, 5) is 0.412. The smallest absolute Gasteiger partial charge is 0.243 e. The second-order valence-corrected chi connectivity index (χ2v) is 7.91. The average Bonchev–Trinajstić information content (AvgIpc) is 2.37. The van der Waals surface area contributed by atoms with Gasteiger partial charge in [0.1, 0.15) is 0 Å². The molecule has 1 aliphatic rings. The van der Waals surface area contributed by atoms with E-state index in [2.05, 4.69) is 0 Å². The van der Waals surface area contributed by atoms with Crippen LogP contribution in [0.15, 0.2) is 17.0 Å². The molecular weight excluding hydrogens is 284 g/mol. The number of sulfonamides is 1. The van der Waals surface area contributed by atoms with Gasteiger partial charge in [-0.2, -0.15) is 4.31 Å². The molecule has 0 saturated heterocycles. The Morgan fingerprint density at radius 2 is 1.90 bits per heavy atom. The number of nitrogens with zero attached hydrogens (tertiary/aromatic N) is 1. The Balaban J connectivity index is 2.36. The van der Waals surface area contributed by atoms with Crippen molar-refractivity contribution in [1.29, 1.82) is 0 Å². The van der Waals surface area contributed by atoms with Crippen molar-refractivity contribution in [2.45, 2.75) is 51.5 Å². The first kappa shape index (κ1) is 16.5. The summed E-state index contributed by atoms with van der Waals surface area (Å²) in [7, 11) is -3.42. The van der Waals surface area contributed by atoms with Gasteiger partial charge in [-0.1, -0.05) is 19.4 Å². The highest BCUT2D eigenvalue weighted by molar-refractivity contribution is 7.89. The van der Waals surface area contributed by atoms with Crippen molar-refractivity contribution in [2.24, 2.45) is 11.7 Å². The zero-order valence-electron chi connectivity index (χ0n) is 13.2. The third kappa shape index (κ3) is 3.30. The van der Waals surface area contributed by atoms with Crippen molar-refractivity contribution >= 4 is 10.0 Å². The van der Waals surface area contributed by atoms with Crippen LogP contribution in [0.5, 0.6) is 0 Å². The number of aryl methyl sites for hydroxylation is 2. The minimum Gasteiger partial charge on any atom is -0.326 e. The first-order valence-corrected chi connectivity index (χ1v) is 9.14. The summed E-state index contributed by atoms with van der Waals surface area (Å²) in [6.07, 6.45) is 3.52. The van der Waals surface area contributed by atoms with E-state index in [1.807, 2.05) is 26.8 Å². The minimum absolute atomic E-state index is 0.364. The van der Waals surface area contributed by atoms with E-state index in [0.717, 1.165) is 29.5 Å². The first-order valence-electron chi connectivity index (χ1n) is 7.70. The van der Waals surface area contributed by atoms with E-state index in [1.165, 1.54) is 6.42 Å². The average molecular weight is 310 g/mol. The topological polar surface area (TPSA) is 63.4 Å². The number of rotatable bonds is 6. The lowest BCUT2D eigenvalue weighted by Gasteiger charge is -2.31.